The average molecular weight is 315 g/mol. The van der Waals surface area contributed by atoms with E-state index in [2.05, 4.69) is 6.92 Å². The van der Waals surface area contributed by atoms with E-state index in [1.165, 1.54) is 0 Å². The fourth-order valence-electron chi connectivity index (χ4n) is 1.74. The van der Waals surface area contributed by atoms with E-state index in [9.17, 15) is 4.79 Å². The van der Waals surface area contributed by atoms with Crippen molar-refractivity contribution >= 4 is 17.8 Å². The van der Waals surface area contributed by atoms with Crippen LogP contribution in [0, 0.1) is 0 Å². The third kappa shape index (κ3) is 7.93. The number of benzene rings is 1. The highest BCUT2D eigenvalue weighted by Gasteiger charge is 2.22. The van der Waals surface area contributed by atoms with Crippen molar-refractivity contribution in [1.82, 2.24) is 0 Å². The third-order valence-electron chi connectivity index (χ3n) is 2.99. The van der Waals surface area contributed by atoms with Crippen molar-refractivity contribution in [3.63, 3.8) is 0 Å². The molecule has 0 spiro atoms. The second-order valence-corrected chi connectivity index (χ2v) is 5.99. The van der Waals surface area contributed by atoms with E-state index in [1.807, 2.05) is 13.8 Å². The van der Waals surface area contributed by atoms with E-state index >= 15 is 0 Å². The third-order valence-corrected chi connectivity index (χ3v) is 3.24. The van der Waals surface area contributed by atoms with Crippen LogP contribution in [0.1, 0.15) is 52.0 Å². The van der Waals surface area contributed by atoms with E-state index < -0.39 is 11.8 Å². The fourth-order valence-corrected chi connectivity index (χ4v) is 1.86. The van der Waals surface area contributed by atoms with Gasteiger partial charge < -0.3 is 4.74 Å². The van der Waals surface area contributed by atoms with Gasteiger partial charge in [0, 0.05) is 5.02 Å². The summed E-state index contributed by atoms with van der Waals surface area (Å²) in [5, 5.41) is 0.637. The van der Waals surface area contributed by atoms with Crippen LogP contribution in [0.25, 0.3) is 0 Å². The van der Waals surface area contributed by atoms with Crippen LogP contribution in [0.5, 0.6) is 0 Å². The van der Waals surface area contributed by atoms with Gasteiger partial charge in [0.1, 0.15) is 12.2 Å². The number of carbonyl (C=O) groups excluding carboxylic acids is 1. The topological polar surface area (TPSA) is 44.8 Å². The van der Waals surface area contributed by atoms with Crippen LogP contribution in [-0.4, -0.2) is 11.8 Å². The lowest BCUT2D eigenvalue weighted by atomic mass is 10.0. The van der Waals surface area contributed by atoms with Gasteiger partial charge in [-0.2, -0.15) is 4.89 Å². The molecule has 0 aliphatic heterocycles. The molecule has 0 saturated carbocycles. The molecule has 0 aliphatic carbocycles. The number of rotatable bonds is 8. The van der Waals surface area contributed by atoms with Crippen molar-refractivity contribution in [3.8, 4) is 0 Å². The number of carbonyl (C=O) groups is 1. The summed E-state index contributed by atoms with van der Waals surface area (Å²) in [6, 6.07) is 7.04. The van der Waals surface area contributed by atoms with E-state index in [4.69, 9.17) is 26.1 Å². The first kappa shape index (κ1) is 17.8. The van der Waals surface area contributed by atoms with Crippen molar-refractivity contribution in [3.05, 3.63) is 34.9 Å². The summed E-state index contributed by atoms with van der Waals surface area (Å²) >= 11 is 5.77. The van der Waals surface area contributed by atoms with Gasteiger partial charge in [-0.15, -0.1) is 0 Å². The molecule has 0 aliphatic rings. The maximum atomic E-state index is 11.5. The first-order valence-electron chi connectivity index (χ1n) is 7.20. The highest BCUT2D eigenvalue weighted by Crippen LogP contribution is 2.19. The molecule has 0 aromatic heterocycles. The Hall–Kier alpha value is -1.26. The summed E-state index contributed by atoms with van der Waals surface area (Å²) in [6.07, 6.45) is 3.29. The Morgan fingerprint density at radius 3 is 2.48 bits per heavy atom. The Balaban J connectivity index is 2.25. The van der Waals surface area contributed by atoms with Crippen LogP contribution in [0.4, 0.5) is 4.79 Å². The number of halogens is 1. The van der Waals surface area contributed by atoms with Crippen LogP contribution < -0.4 is 0 Å². The standard InChI is InChI=1S/C16H23ClO4/c1-4-5-6-11-16(2,3)21-20-15(18)19-12-13-7-9-14(17)10-8-13/h7-10H,4-6,11-12H2,1-3H3. The maximum absolute atomic E-state index is 11.5. The van der Waals surface area contributed by atoms with E-state index in [-0.39, 0.29) is 6.61 Å². The second kappa shape index (κ2) is 8.90. The minimum atomic E-state index is -0.839. The van der Waals surface area contributed by atoms with Crippen LogP contribution in [0.2, 0.25) is 5.02 Å². The van der Waals surface area contributed by atoms with Crippen molar-refractivity contribution in [2.45, 2.75) is 58.7 Å². The molecule has 0 saturated heterocycles. The number of hydrogen-bond donors (Lipinski definition) is 0. The summed E-state index contributed by atoms with van der Waals surface area (Å²) in [4.78, 5) is 21.3. The van der Waals surface area contributed by atoms with Gasteiger partial charge in [-0.1, -0.05) is 49.9 Å². The highest BCUT2D eigenvalue weighted by atomic mass is 35.5. The van der Waals surface area contributed by atoms with E-state index in [0.717, 1.165) is 31.2 Å². The Bertz CT molecular complexity index is 428. The van der Waals surface area contributed by atoms with E-state index in [0.29, 0.717) is 5.02 Å². The lowest BCUT2D eigenvalue weighted by Gasteiger charge is -2.22. The Kier molecular flexibility index (Phi) is 7.54. The van der Waals surface area contributed by atoms with Gasteiger partial charge in [-0.05, 0) is 38.0 Å². The smallest absolute Gasteiger partial charge is 0.427 e. The molecule has 0 atom stereocenters. The molecule has 0 unspecified atom stereocenters. The summed E-state index contributed by atoms with van der Waals surface area (Å²) < 4.78 is 4.96. The van der Waals surface area contributed by atoms with Crippen molar-refractivity contribution in [2.24, 2.45) is 0 Å². The van der Waals surface area contributed by atoms with Crippen LogP contribution in [0.15, 0.2) is 24.3 Å². The van der Waals surface area contributed by atoms with Crippen LogP contribution in [-0.2, 0) is 21.1 Å². The maximum Gasteiger partial charge on any atom is 0.540 e. The molecule has 0 amide bonds. The highest BCUT2D eigenvalue weighted by molar-refractivity contribution is 6.30. The van der Waals surface area contributed by atoms with Gasteiger partial charge in [0.05, 0.1) is 0 Å². The first-order valence-corrected chi connectivity index (χ1v) is 7.57. The van der Waals surface area contributed by atoms with Crippen molar-refractivity contribution < 1.29 is 19.3 Å². The number of hydrogen-bond acceptors (Lipinski definition) is 4. The molecular weight excluding hydrogens is 292 g/mol. The Morgan fingerprint density at radius 2 is 1.86 bits per heavy atom. The zero-order valence-electron chi connectivity index (χ0n) is 12.9. The molecule has 0 fully saturated rings. The van der Waals surface area contributed by atoms with Crippen LogP contribution in [0.3, 0.4) is 0 Å². The lowest BCUT2D eigenvalue weighted by Crippen LogP contribution is -2.26. The zero-order valence-corrected chi connectivity index (χ0v) is 13.6. The molecule has 1 aromatic carbocycles. The molecule has 1 rings (SSSR count). The summed E-state index contributed by atoms with van der Waals surface area (Å²) in [5.41, 5.74) is 0.327. The second-order valence-electron chi connectivity index (χ2n) is 5.55. The number of ether oxygens (including phenoxy) is 1. The largest absolute Gasteiger partial charge is 0.540 e. The summed E-state index contributed by atoms with van der Waals surface area (Å²) in [7, 11) is 0. The SMILES string of the molecule is CCCCCC(C)(C)OOC(=O)OCc1ccc(Cl)cc1. The monoisotopic (exact) mass is 314 g/mol. The van der Waals surface area contributed by atoms with Gasteiger partial charge in [0.25, 0.3) is 0 Å². The zero-order chi connectivity index (χ0) is 15.7. The molecule has 1 aromatic rings. The van der Waals surface area contributed by atoms with E-state index in [1.54, 1.807) is 24.3 Å². The molecule has 21 heavy (non-hydrogen) atoms. The quantitative estimate of drug-likeness (QED) is 0.283. The molecule has 0 N–H and O–H groups in total. The molecule has 0 heterocycles. The Morgan fingerprint density at radius 1 is 1.19 bits per heavy atom. The normalized spacial score (nSPS) is 11.2. The molecule has 5 heteroatoms. The minimum absolute atomic E-state index is 0.121. The number of unbranched alkanes of at least 4 members (excludes halogenated alkanes) is 2. The molecule has 0 bridgehead atoms. The molecular formula is C16H23ClO4. The predicted octanol–water partition coefficient (Wildman–Crippen LogP) is 5.28. The molecule has 0 radical (unpaired) electrons. The van der Waals surface area contributed by atoms with Gasteiger partial charge in [0.2, 0.25) is 0 Å². The molecule has 4 nitrogen and oxygen atoms in total. The predicted molar refractivity (Wildman–Crippen MR) is 82.0 cm³/mol. The minimum Gasteiger partial charge on any atom is -0.427 e. The summed E-state index contributed by atoms with van der Waals surface area (Å²) in [5.74, 6) is 0. The van der Waals surface area contributed by atoms with Crippen LogP contribution >= 0.6 is 11.6 Å². The average Bonchev–Trinajstić information content (AvgIpc) is 2.45. The van der Waals surface area contributed by atoms with Gasteiger partial charge >= 0.3 is 6.16 Å². The lowest BCUT2D eigenvalue weighted by molar-refractivity contribution is -0.319. The molecule has 118 valence electrons. The summed E-state index contributed by atoms with van der Waals surface area (Å²) in [6.45, 7) is 6.03. The van der Waals surface area contributed by atoms with Crippen molar-refractivity contribution in [1.29, 1.82) is 0 Å². The van der Waals surface area contributed by atoms with Gasteiger partial charge in [-0.25, -0.2) is 4.79 Å². The first-order chi connectivity index (χ1) is 9.93. The van der Waals surface area contributed by atoms with Crippen molar-refractivity contribution in [2.75, 3.05) is 0 Å². The van der Waals surface area contributed by atoms with Gasteiger partial charge in [-0.3, -0.25) is 4.89 Å². The Labute approximate surface area is 131 Å². The van der Waals surface area contributed by atoms with Gasteiger partial charge in [0.15, 0.2) is 0 Å². The fraction of sp³-hybridized carbons (Fsp3) is 0.562.